The van der Waals surface area contributed by atoms with Crippen molar-refractivity contribution in [2.45, 2.75) is 27.3 Å². The number of thioether (sulfide) groups is 1. The predicted octanol–water partition coefficient (Wildman–Crippen LogP) is 3.84. The van der Waals surface area contributed by atoms with E-state index in [1.165, 1.54) is 9.36 Å². The maximum atomic E-state index is 12.7. The van der Waals surface area contributed by atoms with Crippen LogP contribution in [-0.4, -0.2) is 20.4 Å². The van der Waals surface area contributed by atoms with Crippen molar-refractivity contribution in [3.05, 3.63) is 58.5 Å². The van der Waals surface area contributed by atoms with Crippen LogP contribution in [0.2, 0.25) is 0 Å². The van der Waals surface area contributed by atoms with Gasteiger partial charge in [-0.15, -0.1) is 6.58 Å². The van der Waals surface area contributed by atoms with Crippen molar-refractivity contribution in [2.24, 2.45) is 0 Å². The summed E-state index contributed by atoms with van der Waals surface area (Å²) in [4.78, 5) is 25.1. The Hall–Kier alpha value is -2.01. The fourth-order valence-electron chi connectivity index (χ4n) is 2.54. The molecule has 1 aromatic heterocycles. The molecule has 0 bridgehead atoms. The number of carbonyl (C=O) groups excluding carboxylic acids is 1. The highest BCUT2D eigenvalue weighted by molar-refractivity contribution is 8.13. The van der Waals surface area contributed by atoms with Crippen molar-refractivity contribution in [3.63, 3.8) is 0 Å². The topological polar surface area (TPSA) is 44.0 Å². The number of aryl methyl sites for hydroxylation is 1. The van der Waals surface area contributed by atoms with Crippen molar-refractivity contribution < 1.29 is 4.79 Å². The number of carbonyl (C=O) groups is 1. The average molecular weight is 316 g/mol. The molecule has 0 N–H and O–H groups in total. The molecule has 0 amide bonds. The van der Waals surface area contributed by atoms with E-state index in [0.29, 0.717) is 23.6 Å². The largest absolute Gasteiger partial charge is 0.305 e. The van der Waals surface area contributed by atoms with E-state index < -0.39 is 0 Å². The summed E-state index contributed by atoms with van der Waals surface area (Å²) in [5.41, 5.74) is 3.07. The van der Waals surface area contributed by atoms with Crippen LogP contribution in [0.25, 0.3) is 11.1 Å². The maximum Gasteiger partial charge on any atom is 0.305 e. The van der Waals surface area contributed by atoms with Gasteiger partial charge >= 0.3 is 5.24 Å². The Balaban J connectivity index is 2.66. The highest BCUT2D eigenvalue weighted by atomic mass is 32.2. The summed E-state index contributed by atoms with van der Waals surface area (Å²) < 4.78 is 2.98. The van der Waals surface area contributed by atoms with E-state index in [4.69, 9.17) is 0 Å². The molecule has 0 aliphatic carbocycles. The zero-order valence-electron chi connectivity index (χ0n) is 13.1. The molecule has 5 heteroatoms. The first-order chi connectivity index (χ1) is 10.5. The van der Waals surface area contributed by atoms with Crippen LogP contribution >= 0.6 is 11.8 Å². The molecular weight excluding hydrogens is 296 g/mol. The first kappa shape index (κ1) is 16.4. The molecule has 2 rings (SSSR count). The molecule has 1 aromatic carbocycles. The summed E-state index contributed by atoms with van der Waals surface area (Å²) in [7, 11) is 0. The highest BCUT2D eigenvalue weighted by Gasteiger charge is 2.22. The predicted molar refractivity (Wildman–Crippen MR) is 92.7 cm³/mol. The van der Waals surface area contributed by atoms with Crippen LogP contribution in [0.3, 0.4) is 0 Å². The molecule has 0 aliphatic heterocycles. The quantitative estimate of drug-likeness (QED) is 0.805. The maximum absolute atomic E-state index is 12.7. The van der Waals surface area contributed by atoms with Crippen molar-refractivity contribution in [2.75, 3.05) is 5.75 Å². The summed E-state index contributed by atoms with van der Waals surface area (Å²) in [5.74, 6) is 0.522. The molecule has 0 saturated heterocycles. The lowest BCUT2D eigenvalue weighted by Crippen LogP contribution is -2.25. The lowest BCUT2D eigenvalue weighted by atomic mass is 10.0. The zero-order valence-corrected chi connectivity index (χ0v) is 13.9. The minimum Gasteiger partial charge on any atom is -0.267 e. The van der Waals surface area contributed by atoms with Crippen molar-refractivity contribution in [3.8, 4) is 11.1 Å². The van der Waals surface area contributed by atoms with Gasteiger partial charge in [0.1, 0.15) is 0 Å². The van der Waals surface area contributed by atoms with E-state index in [0.717, 1.165) is 22.9 Å². The van der Waals surface area contributed by atoms with Crippen molar-refractivity contribution in [1.82, 2.24) is 9.36 Å². The number of nitrogens with zero attached hydrogens (tertiary/aromatic N) is 2. The molecule has 2 aromatic rings. The number of rotatable bonds is 4. The third-order valence-electron chi connectivity index (χ3n) is 3.58. The number of hydrogen-bond acceptors (Lipinski definition) is 3. The van der Waals surface area contributed by atoms with Crippen LogP contribution in [-0.2, 0) is 6.54 Å². The Bertz CT molecular complexity index is 771. The van der Waals surface area contributed by atoms with Crippen LogP contribution in [0.1, 0.15) is 18.2 Å². The second-order valence-electron chi connectivity index (χ2n) is 4.97. The van der Waals surface area contributed by atoms with E-state index >= 15 is 0 Å². The number of benzene rings is 1. The van der Waals surface area contributed by atoms with Crippen LogP contribution in [0.15, 0.2) is 41.7 Å². The lowest BCUT2D eigenvalue weighted by molar-refractivity contribution is 0.255. The van der Waals surface area contributed by atoms with Gasteiger partial charge in [0, 0.05) is 12.3 Å². The van der Waals surface area contributed by atoms with Gasteiger partial charge in [-0.25, -0.2) is 9.36 Å². The molecule has 0 fully saturated rings. The minimum atomic E-state index is -0.156. The third kappa shape index (κ3) is 2.81. The molecule has 0 saturated carbocycles. The average Bonchev–Trinajstić information content (AvgIpc) is 2.76. The van der Waals surface area contributed by atoms with Gasteiger partial charge < -0.3 is 0 Å². The summed E-state index contributed by atoms with van der Waals surface area (Å²) >= 11 is 1.14. The second-order valence-corrected chi connectivity index (χ2v) is 5.94. The fourth-order valence-corrected chi connectivity index (χ4v) is 3.16. The number of aromatic nitrogens is 2. The van der Waals surface area contributed by atoms with Gasteiger partial charge in [-0.1, -0.05) is 42.1 Å². The van der Waals surface area contributed by atoms with Gasteiger partial charge in [-0.2, -0.15) is 0 Å². The first-order valence-electron chi connectivity index (χ1n) is 7.19. The Labute approximate surface area is 134 Å². The first-order valence-corrected chi connectivity index (χ1v) is 8.17. The summed E-state index contributed by atoms with van der Waals surface area (Å²) in [5, 5.41) is -0.156. The molecule has 116 valence electrons. The van der Waals surface area contributed by atoms with Crippen LogP contribution in [0, 0.1) is 13.8 Å². The van der Waals surface area contributed by atoms with Crippen LogP contribution in [0.5, 0.6) is 0 Å². The summed E-state index contributed by atoms with van der Waals surface area (Å²) in [6, 6.07) is 7.73. The highest BCUT2D eigenvalue weighted by Crippen LogP contribution is 2.25. The Morgan fingerprint density at radius 1 is 1.32 bits per heavy atom. The van der Waals surface area contributed by atoms with Gasteiger partial charge in [0.2, 0.25) is 0 Å². The van der Waals surface area contributed by atoms with E-state index in [2.05, 4.69) is 6.58 Å². The molecule has 0 radical (unpaired) electrons. The normalized spacial score (nSPS) is 10.7. The van der Waals surface area contributed by atoms with Gasteiger partial charge in [0.05, 0.1) is 11.3 Å². The van der Waals surface area contributed by atoms with Crippen molar-refractivity contribution >= 4 is 17.0 Å². The summed E-state index contributed by atoms with van der Waals surface area (Å²) in [6.07, 6.45) is 1.68. The molecule has 22 heavy (non-hydrogen) atoms. The fraction of sp³-hybridized carbons (Fsp3) is 0.294. The van der Waals surface area contributed by atoms with Gasteiger partial charge in [0.25, 0.3) is 5.56 Å². The molecule has 0 atom stereocenters. The molecule has 1 heterocycles. The van der Waals surface area contributed by atoms with E-state index in [1.807, 2.05) is 45.0 Å². The van der Waals surface area contributed by atoms with Gasteiger partial charge in [-0.05, 0) is 31.9 Å². The summed E-state index contributed by atoms with van der Waals surface area (Å²) in [6.45, 7) is 9.73. The molecule has 0 aliphatic rings. The monoisotopic (exact) mass is 316 g/mol. The Morgan fingerprint density at radius 2 is 2.00 bits per heavy atom. The van der Waals surface area contributed by atoms with Crippen molar-refractivity contribution in [1.29, 1.82) is 0 Å². The third-order valence-corrected chi connectivity index (χ3v) is 4.40. The van der Waals surface area contributed by atoms with Crippen LogP contribution in [0.4, 0.5) is 4.79 Å². The zero-order chi connectivity index (χ0) is 16.3. The van der Waals surface area contributed by atoms with E-state index in [1.54, 1.807) is 6.08 Å². The van der Waals surface area contributed by atoms with E-state index in [9.17, 15) is 9.59 Å². The molecule has 0 spiro atoms. The van der Waals surface area contributed by atoms with Crippen LogP contribution < -0.4 is 5.56 Å². The lowest BCUT2D eigenvalue weighted by Gasteiger charge is -2.09. The second kappa shape index (κ2) is 6.83. The minimum absolute atomic E-state index is 0.123. The van der Waals surface area contributed by atoms with Gasteiger partial charge in [0.15, 0.2) is 0 Å². The van der Waals surface area contributed by atoms with E-state index in [-0.39, 0.29) is 10.8 Å². The smallest absolute Gasteiger partial charge is 0.267 e. The Kier molecular flexibility index (Phi) is 5.08. The Morgan fingerprint density at radius 3 is 2.59 bits per heavy atom. The number of hydrogen-bond donors (Lipinski definition) is 0. The standard InChI is InChI=1S/C17H20N2O2S/c1-5-11-22-17(21)19-13(4)15(16(20)18(19)6-2)14-10-8-7-9-12(14)3/h5,7-10H,1,6,11H2,2-4H3. The molecular formula is C17H20N2O2S. The molecule has 4 nitrogen and oxygen atoms in total. The van der Waals surface area contributed by atoms with Gasteiger partial charge in [-0.3, -0.25) is 9.59 Å². The SMILES string of the molecule is C=CCSC(=O)n1c(C)c(-c2ccccc2C)c(=O)n1CC. The molecule has 0 unspecified atom stereocenters.